The van der Waals surface area contributed by atoms with Gasteiger partial charge in [0.1, 0.15) is 0 Å². The summed E-state index contributed by atoms with van der Waals surface area (Å²) in [5.74, 6) is 0. The molecule has 0 amide bonds. The Morgan fingerprint density at radius 3 is 0.250 bits per heavy atom. The van der Waals surface area contributed by atoms with E-state index in [1.54, 1.807) is 0 Å². The summed E-state index contributed by atoms with van der Waals surface area (Å²) in [7, 11) is 0. The summed E-state index contributed by atoms with van der Waals surface area (Å²) < 4.78 is 0. The molecule has 0 aliphatic heterocycles. The van der Waals surface area contributed by atoms with E-state index in [4.69, 9.17) is 0 Å². The van der Waals surface area contributed by atoms with Crippen LogP contribution in [-0.4, -0.2) is 27.4 Å². The van der Waals surface area contributed by atoms with E-state index in [1.807, 2.05) is 0 Å². The van der Waals surface area contributed by atoms with Crippen molar-refractivity contribution in [3.05, 3.63) is 0 Å². The zero-order valence-electron chi connectivity index (χ0n) is 3.84. The second-order valence-corrected chi connectivity index (χ2v) is 0. The third-order valence-corrected chi connectivity index (χ3v) is 0. The van der Waals surface area contributed by atoms with Crippen molar-refractivity contribution in [2.45, 2.75) is 0 Å². The van der Waals surface area contributed by atoms with Gasteiger partial charge in [0.05, 0.1) is 0 Å². The number of rotatable bonds is 0. The van der Waals surface area contributed by atoms with E-state index in [0.29, 0.717) is 0 Å². The maximum absolute atomic E-state index is 0. The minimum Gasteiger partial charge on any atom is -0.412 e. The van der Waals surface area contributed by atoms with E-state index in [-0.39, 0.29) is 94.5 Å². The molecule has 8 heavy (non-hydrogen) atoms. The fourth-order valence-corrected chi connectivity index (χ4v) is 0. The van der Waals surface area contributed by atoms with Gasteiger partial charge in [0.2, 0.25) is 0 Å². The first-order valence-corrected chi connectivity index (χ1v) is 0. The van der Waals surface area contributed by atoms with E-state index in [0.717, 1.165) is 0 Å². The van der Waals surface area contributed by atoms with E-state index in [1.165, 1.54) is 0 Å². The molecule has 0 rings (SSSR count). The Hall–Kier alpha value is 2.02. The summed E-state index contributed by atoms with van der Waals surface area (Å²) in [5, 5.41) is 0. The van der Waals surface area contributed by atoms with Crippen molar-refractivity contribution >= 4 is 0 Å². The molecule has 0 aromatic heterocycles. The molecule has 0 heterocycles. The van der Waals surface area contributed by atoms with E-state index >= 15 is 0 Å². The van der Waals surface area contributed by atoms with Crippen LogP contribution in [0.25, 0.3) is 0 Å². The average molecular weight is 633 g/mol. The maximum Gasteiger partial charge on any atom is 0 e. The summed E-state index contributed by atoms with van der Waals surface area (Å²) in [6, 6.07) is 0. The second-order valence-electron chi connectivity index (χ2n) is 0. The average Bonchev–Trinajstić information content (AvgIpc) is 0. The van der Waals surface area contributed by atoms with E-state index in [2.05, 4.69) is 0 Å². The molecule has 0 saturated heterocycles. The predicted octanol–water partition coefficient (Wildman–Crippen LogP) is -4.13. The third kappa shape index (κ3) is 96.8. The summed E-state index contributed by atoms with van der Waals surface area (Å²) in [6.45, 7) is 0. The van der Waals surface area contributed by atoms with Gasteiger partial charge in [-0.2, -0.15) is 0 Å². The van der Waals surface area contributed by atoms with Crippen molar-refractivity contribution in [2.75, 3.05) is 0 Å². The van der Waals surface area contributed by atoms with Crippen LogP contribution in [0, 0.1) is 0 Å². The minimum absolute atomic E-state index is 0. The van der Waals surface area contributed by atoms with Crippen LogP contribution in [0.2, 0.25) is 0 Å². The van der Waals surface area contributed by atoms with Crippen LogP contribution < -0.4 is 0 Å². The first-order chi connectivity index (χ1) is 0. The Morgan fingerprint density at radius 2 is 0.250 bits per heavy atom. The van der Waals surface area contributed by atoms with E-state index < -0.39 is 0 Å². The first-order valence-electron chi connectivity index (χ1n) is 0. The van der Waals surface area contributed by atoms with Crippen LogP contribution >= 0.6 is 0 Å². The van der Waals surface area contributed by atoms with Crippen molar-refractivity contribution in [1.29, 1.82) is 0 Å². The summed E-state index contributed by atoms with van der Waals surface area (Å²) in [5.41, 5.74) is 0. The molecule has 0 bridgehead atoms. The molecule has 0 fully saturated rings. The molecule has 0 saturated carbocycles. The van der Waals surface area contributed by atoms with Gasteiger partial charge in [-0.1, -0.05) is 0 Å². The van der Waals surface area contributed by atoms with Gasteiger partial charge in [-0.15, -0.1) is 0 Å². The second kappa shape index (κ2) is 142. The molecule has 5 nitrogen and oxygen atoms in total. The Kier molecular flexibility index (Phi) is 3550. The fraction of sp³-hybridized carbons (Fsp3) is 0. The molecular formula is H10O5Ta3. The monoisotopic (exact) mass is 633 g/mol. The molecule has 0 atom stereocenters. The largest absolute Gasteiger partial charge is 0.412 e. The van der Waals surface area contributed by atoms with Gasteiger partial charge in [0, 0.05) is 67.1 Å². The minimum atomic E-state index is 0. The van der Waals surface area contributed by atoms with Gasteiger partial charge >= 0.3 is 0 Å². The molecule has 10 N–H and O–H groups in total. The Balaban J connectivity index is 0. The normalized spacial score (nSPS) is 0. The van der Waals surface area contributed by atoms with Crippen molar-refractivity contribution in [3.63, 3.8) is 0 Å². The van der Waals surface area contributed by atoms with Gasteiger partial charge in [0.25, 0.3) is 0 Å². The van der Waals surface area contributed by atoms with Gasteiger partial charge in [-0.3, -0.25) is 0 Å². The van der Waals surface area contributed by atoms with Crippen molar-refractivity contribution < 1.29 is 94.5 Å². The van der Waals surface area contributed by atoms with Crippen LogP contribution in [0.1, 0.15) is 0 Å². The summed E-state index contributed by atoms with van der Waals surface area (Å²) >= 11 is 0. The molecule has 0 unspecified atom stereocenters. The Morgan fingerprint density at radius 1 is 0.250 bits per heavy atom. The molecule has 0 aliphatic carbocycles. The van der Waals surface area contributed by atoms with Crippen LogP contribution in [-0.2, 0) is 67.1 Å². The summed E-state index contributed by atoms with van der Waals surface area (Å²) in [4.78, 5) is 0. The van der Waals surface area contributed by atoms with Crippen molar-refractivity contribution in [2.24, 2.45) is 0 Å². The fourth-order valence-electron chi connectivity index (χ4n) is 0. The smallest absolute Gasteiger partial charge is 0 e. The standard InChI is InChI=1S/5H2O.3Ta/h5*1H2;;;. The molecule has 8 heteroatoms. The topological polar surface area (TPSA) is 158 Å². The molecule has 0 aromatic rings. The van der Waals surface area contributed by atoms with Gasteiger partial charge in [-0.25, -0.2) is 0 Å². The SMILES string of the molecule is O.O.O.O.O.[Ta].[Ta].[Ta]. The quantitative estimate of drug-likeness (QED) is 0.254. The van der Waals surface area contributed by atoms with Crippen LogP contribution in [0.5, 0.6) is 0 Å². The first kappa shape index (κ1) is 200. The number of hydrogen-bond acceptors (Lipinski definition) is 0. The zero-order chi connectivity index (χ0) is 0. The molecule has 0 aromatic carbocycles. The Bertz CT molecular complexity index is 7.64. The summed E-state index contributed by atoms with van der Waals surface area (Å²) in [6.07, 6.45) is 0. The van der Waals surface area contributed by atoms with Gasteiger partial charge < -0.3 is 27.4 Å². The zero-order valence-corrected chi connectivity index (χ0v) is 13.5. The van der Waals surface area contributed by atoms with Gasteiger partial charge in [-0.05, 0) is 0 Å². The Labute approximate surface area is 93.7 Å². The van der Waals surface area contributed by atoms with Crippen molar-refractivity contribution in [1.82, 2.24) is 0 Å². The van der Waals surface area contributed by atoms with Crippen LogP contribution in [0.4, 0.5) is 0 Å². The molecule has 0 aliphatic rings. The molecule has 0 spiro atoms. The molecular weight excluding hydrogens is 623 g/mol. The predicted molar refractivity (Wildman–Crippen MR) is 18.1 cm³/mol. The van der Waals surface area contributed by atoms with E-state index in [9.17, 15) is 0 Å². The molecule has 3 radical (unpaired) electrons. The number of hydrogen-bond donors (Lipinski definition) is 0. The van der Waals surface area contributed by atoms with Gasteiger partial charge in [0.15, 0.2) is 0 Å². The third-order valence-electron chi connectivity index (χ3n) is 0. The maximum atomic E-state index is 0. The van der Waals surface area contributed by atoms with Crippen LogP contribution in [0.3, 0.4) is 0 Å². The van der Waals surface area contributed by atoms with Crippen LogP contribution in [0.15, 0.2) is 0 Å². The molecule has 55 valence electrons. The van der Waals surface area contributed by atoms with Crippen molar-refractivity contribution in [3.8, 4) is 0 Å².